The van der Waals surface area contributed by atoms with E-state index in [9.17, 15) is 9.59 Å². The fourth-order valence-corrected chi connectivity index (χ4v) is 7.57. The number of ether oxygens (including phenoxy) is 2. The summed E-state index contributed by atoms with van der Waals surface area (Å²) in [6, 6.07) is 23.4. The van der Waals surface area contributed by atoms with Gasteiger partial charge in [0.25, 0.3) is 0 Å². The molecule has 7 rings (SSSR count). The van der Waals surface area contributed by atoms with Gasteiger partial charge in [0.1, 0.15) is 22.9 Å². The van der Waals surface area contributed by atoms with Crippen LogP contribution in [0.1, 0.15) is 91.8 Å². The molecule has 1 saturated heterocycles. The molecule has 1 aliphatic carbocycles. The Labute approximate surface area is 305 Å². The minimum Gasteiger partial charge on any atom is -0.444 e. The number of aromatic nitrogens is 4. The molecular weight excluding hydrogens is 653 g/mol. The molecule has 0 spiro atoms. The third-order valence-corrected chi connectivity index (χ3v) is 9.83. The van der Waals surface area contributed by atoms with Crippen molar-refractivity contribution in [1.29, 1.82) is 0 Å². The SMILES string of the molecule is CCCN(Cc1ncc(-c2ccc(-c3ccc(-c4ccc5nc([C@@H]6[C@H]7CC[C@H](C7)N6C(=O)OC(C)(C)C)[nH]c5c4)cc3)cc2)[nH]1)C(=O)OC(C)(C)C. The van der Waals surface area contributed by atoms with Gasteiger partial charge in [0.05, 0.1) is 35.5 Å². The lowest BCUT2D eigenvalue weighted by Crippen LogP contribution is -2.43. The molecule has 1 aliphatic heterocycles. The average molecular weight is 703 g/mol. The van der Waals surface area contributed by atoms with Gasteiger partial charge in [-0.25, -0.2) is 19.6 Å². The fraction of sp³-hybridized carbons (Fsp3) is 0.429. The van der Waals surface area contributed by atoms with E-state index in [1.165, 1.54) is 0 Å². The lowest BCUT2D eigenvalue weighted by atomic mass is 9.98. The number of amides is 2. The van der Waals surface area contributed by atoms with E-state index in [4.69, 9.17) is 14.5 Å². The molecule has 2 aromatic heterocycles. The first-order chi connectivity index (χ1) is 24.7. The summed E-state index contributed by atoms with van der Waals surface area (Å²) in [5.74, 6) is 1.95. The van der Waals surface area contributed by atoms with Crippen molar-refractivity contribution in [2.45, 2.75) is 104 Å². The minimum absolute atomic E-state index is 0.0919. The largest absolute Gasteiger partial charge is 0.444 e. The Hall–Kier alpha value is -5.12. The Morgan fingerprint density at radius 2 is 1.44 bits per heavy atom. The zero-order valence-corrected chi connectivity index (χ0v) is 31.3. The maximum absolute atomic E-state index is 13.2. The third-order valence-electron chi connectivity index (χ3n) is 9.83. The van der Waals surface area contributed by atoms with Gasteiger partial charge in [-0.2, -0.15) is 0 Å². The van der Waals surface area contributed by atoms with E-state index < -0.39 is 11.2 Å². The maximum Gasteiger partial charge on any atom is 0.411 e. The lowest BCUT2D eigenvalue weighted by molar-refractivity contribution is 0.00617. The van der Waals surface area contributed by atoms with Crippen molar-refractivity contribution in [3.8, 4) is 33.5 Å². The van der Waals surface area contributed by atoms with Crippen LogP contribution in [0, 0.1) is 5.92 Å². The van der Waals surface area contributed by atoms with E-state index in [1.54, 1.807) is 4.90 Å². The molecule has 2 amide bonds. The van der Waals surface area contributed by atoms with Crippen LogP contribution in [-0.2, 0) is 16.0 Å². The predicted molar refractivity (Wildman–Crippen MR) is 203 cm³/mol. The van der Waals surface area contributed by atoms with Crippen molar-refractivity contribution in [1.82, 2.24) is 29.7 Å². The number of imidazole rings is 2. The Morgan fingerprint density at radius 1 is 0.827 bits per heavy atom. The van der Waals surface area contributed by atoms with Gasteiger partial charge in [0.15, 0.2) is 0 Å². The number of aromatic amines is 2. The van der Waals surface area contributed by atoms with Gasteiger partial charge >= 0.3 is 12.2 Å². The van der Waals surface area contributed by atoms with Crippen LogP contribution in [0.3, 0.4) is 0 Å². The van der Waals surface area contributed by atoms with Gasteiger partial charge in [-0.15, -0.1) is 0 Å². The Morgan fingerprint density at radius 3 is 2.08 bits per heavy atom. The summed E-state index contributed by atoms with van der Waals surface area (Å²) in [5, 5.41) is 0. The first-order valence-corrected chi connectivity index (χ1v) is 18.5. The van der Waals surface area contributed by atoms with E-state index in [-0.39, 0.29) is 24.3 Å². The number of hydrogen-bond acceptors (Lipinski definition) is 6. The normalized spacial score (nSPS) is 18.6. The van der Waals surface area contributed by atoms with E-state index in [0.29, 0.717) is 24.8 Å². The quantitative estimate of drug-likeness (QED) is 0.166. The Bertz CT molecular complexity index is 2050. The minimum atomic E-state index is -0.553. The smallest absolute Gasteiger partial charge is 0.411 e. The first-order valence-electron chi connectivity index (χ1n) is 18.5. The number of benzene rings is 3. The number of H-pyrrole nitrogens is 2. The molecule has 2 aliphatic rings. The number of nitrogens with zero attached hydrogens (tertiary/aromatic N) is 4. The van der Waals surface area contributed by atoms with E-state index >= 15 is 0 Å². The van der Waals surface area contributed by atoms with E-state index in [0.717, 1.165) is 76.1 Å². The first kappa shape index (κ1) is 35.3. The highest BCUT2D eigenvalue weighted by Crippen LogP contribution is 2.50. The van der Waals surface area contributed by atoms with Crippen LogP contribution >= 0.6 is 0 Å². The van der Waals surface area contributed by atoms with Crippen LogP contribution in [0.4, 0.5) is 9.59 Å². The highest BCUT2D eigenvalue weighted by atomic mass is 16.6. The third kappa shape index (κ3) is 7.56. The van der Waals surface area contributed by atoms with Gasteiger partial charge < -0.3 is 24.3 Å². The summed E-state index contributed by atoms with van der Waals surface area (Å²) in [4.78, 5) is 46.1. The average Bonchev–Trinajstić information content (AvgIpc) is 3.90. The number of rotatable bonds is 8. The van der Waals surface area contributed by atoms with Crippen LogP contribution < -0.4 is 0 Å². The molecule has 0 unspecified atom stereocenters. The number of piperidine rings is 1. The van der Waals surface area contributed by atoms with Gasteiger partial charge in [-0.05, 0) is 113 Å². The monoisotopic (exact) mass is 702 g/mol. The lowest BCUT2D eigenvalue weighted by Gasteiger charge is -2.35. The molecule has 3 heterocycles. The summed E-state index contributed by atoms with van der Waals surface area (Å²) < 4.78 is 11.4. The summed E-state index contributed by atoms with van der Waals surface area (Å²) in [6.45, 7) is 14.3. The molecule has 1 saturated carbocycles. The summed E-state index contributed by atoms with van der Waals surface area (Å²) in [6.07, 6.45) is 5.18. The highest BCUT2D eigenvalue weighted by molar-refractivity contribution is 5.83. The van der Waals surface area contributed by atoms with Crippen molar-refractivity contribution in [2.75, 3.05) is 6.54 Å². The number of fused-ring (bicyclic) bond motifs is 3. The van der Waals surface area contributed by atoms with E-state index in [1.807, 2.05) is 59.6 Å². The van der Waals surface area contributed by atoms with Crippen LogP contribution in [-0.4, -0.2) is 65.7 Å². The second-order valence-electron chi connectivity index (χ2n) is 16.2. The molecule has 2 bridgehead atoms. The van der Waals surface area contributed by atoms with Crippen molar-refractivity contribution in [3.63, 3.8) is 0 Å². The molecule has 272 valence electrons. The van der Waals surface area contributed by atoms with Crippen LogP contribution in [0.5, 0.6) is 0 Å². The second-order valence-corrected chi connectivity index (χ2v) is 16.2. The number of carbonyl (C=O) groups is 2. The number of carbonyl (C=O) groups excluding carboxylic acids is 2. The van der Waals surface area contributed by atoms with Crippen molar-refractivity contribution < 1.29 is 19.1 Å². The van der Waals surface area contributed by atoms with Crippen molar-refractivity contribution >= 4 is 23.2 Å². The van der Waals surface area contributed by atoms with Crippen molar-refractivity contribution in [2.24, 2.45) is 5.92 Å². The molecule has 2 fully saturated rings. The molecule has 3 atom stereocenters. The number of nitrogens with one attached hydrogen (secondary N) is 2. The topological polar surface area (TPSA) is 116 Å². The molecule has 0 radical (unpaired) electrons. The predicted octanol–water partition coefficient (Wildman–Crippen LogP) is 9.89. The maximum atomic E-state index is 13.2. The zero-order valence-electron chi connectivity index (χ0n) is 31.3. The van der Waals surface area contributed by atoms with Crippen LogP contribution in [0.15, 0.2) is 72.9 Å². The summed E-state index contributed by atoms with van der Waals surface area (Å²) in [5.41, 5.74) is 7.13. The second kappa shape index (κ2) is 13.8. The summed E-state index contributed by atoms with van der Waals surface area (Å²) in [7, 11) is 0. The van der Waals surface area contributed by atoms with E-state index in [2.05, 4.69) is 81.7 Å². The Kier molecular flexibility index (Phi) is 9.35. The fourth-order valence-electron chi connectivity index (χ4n) is 7.57. The van der Waals surface area contributed by atoms with Gasteiger partial charge in [0.2, 0.25) is 0 Å². The summed E-state index contributed by atoms with van der Waals surface area (Å²) >= 11 is 0. The highest BCUT2D eigenvalue weighted by Gasteiger charge is 2.51. The van der Waals surface area contributed by atoms with Gasteiger partial charge in [-0.3, -0.25) is 4.90 Å². The molecule has 52 heavy (non-hydrogen) atoms. The van der Waals surface area contributed by atoms with Crippen LogP contribution in [0.25, 0.3) is 44.5 Å². The molecule has 3 aromatic carbocycles. The molecule has 10 nitrogen and oxygen atoms in total. The molecule has 2 N–H and O–H groups in total. The molecular formula is C42H50N6O4. The molecule has 10 heteroatoms. The molecule has 5 aromatic rings. The van der Waals surface area contributed by atoms with Gasteiger partial charge in [0, 0.05) is 12.6 Å². The van der Waals surface area contributed by atoms with Crippen LogP contribution in [0.2, 0.25) is 0 Å². The van der Waals surface area contributed by atoms with Crippen molar-refractivity contribution in [3.05, 3.63) is 84.6 Å². The Balaban J connectivity index is 1.03. The van der Waals surface area contributed by atoms with Gasteiger partial charge in [-0.1, -0.05) is 61.5 Å². The zero-order chi connectivity index (χ0) is 36.8. The number of likely N-dealkylation sites (tertiary alicyclic amines) is 1. The standard InChI is InChI=1S/C42H50N6O4/c1-8-21-47(39(49)51-41(2,3)4)25-36-43-24-35(44-36)29-15-13-27(14-16-29)26-9-11-28(12-10-26)30-18-20-33-34(23-30)46-38(45-33)37-31-17-19-32(22-31)48(37)40(50)52-42(5,6)7/h9-16,18,20,23-24,31-32,37H,8,17,19,21-22,25H2,1-7H3,(H,43,44)(H,45,46)/t31-,32+,37-/m0/s1. The number of hydrogen-bond donors (Lipinski definition) is 2.